The topological polar surface area (TPSA) is 59.5 Å². The van der Waals surface area contributed by atoms with Crippen molar-refractivity contribution in [3.8, 4) is 22.6 Å². The zero-order valence-corrected chi connectivity index (χ0v) is 30.3. The van der Waals surface area contributed by atoms with Crippen molar-refractivity contribution in [3.63, 3.8) is 0 Å². The van der Waals surface area contributed by atoms with Gasteiger partial charge >= 0.3 is 0 Å². The smallest absolute Gasteiger partial charge is 0.160 e. The summed E-state index contributed by atoms with van der Waals surface area (Å²) in [5.41, 5.74) is 10.9. The third kappa shape index (κ3) is 5.30. The molecule has 0 saturated heterocycles. The Morgan fingerprint density at radius 2 is 1.02 bits per heavy atom. The van der Waals surface area contributed by atoms with Crippen molar-refractivity contribution in [2.45, 2.75) is 6.17 Å². The van der Waals surface area contributed by atoms with Crippen LogP contribution in [0.15, 0.2) is 204 Å². The molecule has 56 heavy (non-hydrogen) atoms. The number of fused-ring (bicyclic) bond motifs is 6. The second-order valence-corrected chi connectivity index (χ2v) is 14.1. The summed E-state index contributed by atoms with van der Waals surface area (Å²) in [6.45, 7) is 0. The van der Waals surface area contributed by atoms with E-state index in [9.17, 15) is 0 Å². The zero-order chi connectivity index (χ0) is 37.0. The van der Waals surface area contributed by atoms with Crippen LogP contribution in [0.3, 0.4) is 0 Å². The normalized spacial score (nSPS) is 14.2. The van der Waals surface area contributed by atoms with Gasteiger partial charge in [0.2, 0.25) is 0 Å². The SMILES string of the molecule is c1ccc(-c2cccc(C3=NC(c4ccc(-n5c6ccccc6c6cc7c(cc65)c5ccccc5n7-c5ccccc5)nc4)=NC(c4ccccc4)N3)c2)cc1. The average molecular weight is 719 g/mol. The number of hydrogen-bond donors (Lipinski definition) is 1. The lowest BCUT2D eigenvalue weighted by atomic mass is 10.0. The molecule has 6 nitrogen and oxygen atoms in total. The molecule has 1 aliphatic heterocycles. The molecule has 6 heteroatoms. The molecular weight excluding hydrogens is 685 g/mol. The maximum Gasteiger partial charge on any atom is 0.160 e. The molecule has 0 fully saturated rings. The van der Waals surface area contributed by atoms with Crippen molar-refractivity contribution < 1.29 is 0 Å². The summed E-state index contributed by atoms with van der Waals surface area (Å²) in [7, 11) is 0. The van der Waals surface area contributed by atoms with Gasteiger partial charge in [0.15, 0.2) is 5.84 Å². The fraction of sp³-hybridized carbons (Fsp3) is 0.0200. The van der Waals surface area contributed by atoms with Crippen molar-refractivity contribution in [1.29, 1.82) is 0 Å². The fourth-order valence-corrected chi connectivity index (χ4v) is 8.19. The van der Waals surface area contributed by atoms with Crippen LogP contribution >= 0.6 is 0 Å². The van der Waals surface area contributed by atoms with Crippen LogP contribution in [0.5, 0.6) is 0 Å². The Hall–Kier alpha value is -7.57. The van der Waals surface area contributed by atoms with Gasteiger partial charge in [-0.3, -0.25) is 4.57 Å². The maximum absolute atomic E-state index is 5.13. The van der Waals surface area contributed by atoms with Gasteiger partial charge in [0.1, 0.15) is 17.8 Å². The van der Waals surface area contributed by atoms with Crippen molar-refractivity contribution in [2.24, 2.45) is 9.98 Å². The molecule has 1 atom stereocenters. The summed E-state index contributed by atoms with van der Waals surface area (Å²) in [6, 6.07) is 66.0. The van der Waals surface area contributed by atoms with E-state index in [1.165, 1.54) is 32.6 Å². The standard InChI is InChI=1S/C50H34N6/c1-4-15-33(16-5-1)35-19-14-20-36(29-35)49-52-48(34-17-6-2-7-18-34)53-50(54-49)37-27-28-47(51-32-37)56-44-26-13-11-24-40(44)42-30-45-41(31-46(42)56)39-23-10-12-25-43(39)55(45)38-21-8-3-9-22-38/h1-32,48H,(H,52,53,54). The van der Waals surface area contributed by atoms with Gasteiger partial charge in [-0.15, -0.1) is 0 Å². The van der Waals surface area contributed by atoms with Gasteiger partial charge in [-0.1, -0.05) is 133 Å². The molecule has 11 rings (SSSR count). The first-order chi connectivity index (χ1) is 27.8. The van der Waals surface area contributed by atoms with E-state index in [-0.39, 0.29) is 6.17 Å². The van der Waals surface area contributed by atoms with E-state index in [0.29, 0.717) is 5.84 Å². The number of amidine groups is 2. The molecule has 3 aromatic heterocycles. The van der Waals surface area contributed by atoms with Gasteiger partial charge in [-0.25, -0.2) is 15.0 Å². The van der Waals surface area contributed by atoms with E-state index < -0.39 is 0 Å². The minimum atomic E-state index is -0.309. The first-order valence-corrected chi connectivity index (χ1v) is 18.9. The highest BCUT2D eigenvalue weighted by Gasteiger charge is 2.23. The Labute approximate surface area is 323 Å². The quantitative estimate of drug-likeness (QED) is 0.186. The van der Waals surface area contributed by atoms with E-state index in [0.717, 1.165) is 56.2 Å². The lowest BCUT2D eigenvalue weighted by molar-refractivity contribution is 0.674. The number of rotatable bonds is 6. The summed E-state index contributed by atoms with van der Waals surface area (Å²) in [5, 5.41) is 8.39. The molecule has 0 aliphatic carbocycles. The van der Waals surface area contributed by atoms with E-state index in [1.54, 1.807) is 0 Å². The summed E-state index contributed by atoms with van der Waals surface area (Å²) in [4.78, 5) is 15.4. The monoisotopic (exact) mass is 718 g/mol. The molecule has 0 radical (unpaired) electrons. The molecule has 0 bridgehead atoms. The van der Waals surface area contributed by atoms with Crippen LogP contribution in [-0.2, 0) is 0 Å². The molecule has 0 spiro atoms. The molecule has 1 aliphatic rings. The lowest BCUT2D eigenvalue weighted by Crippen LogP contribution is -2.33. The summed E-state index contributed by atoms with van der Waals surface area (Å²) >= 11 is 0. The number of nitrogens with one attached hydrogen (secondary N) is 1. The second-order valence-electron chi connectivity index (χ2n) is 14.1. The first kappa shape index (κ1) is 31.9. The average Bonchev–Trinajstić information content (AvgIpc) is 3.78. The van der Waals surface area contributed by atoms with Crippen LogP contribution in [0.25, 0.3) is 66.2 Å². The van der Waals surface area contributed by atoms with Gasteiger partial charge in [-0.2, -0.15) is 0 Å². The molecule has 264 valence electrons. The molecule has 0 saturated carbocycles. The molecule has 10 aromatic rings. The van der Waals surface area contributed by atoms with Crippen LogP contribution in [-0.4, -0.2) is 25.8 Å². The predicted octanol–water partition coefficient (Wildman–Crippen LogP) is 11.4. The Morgan fingerprint density at radius 1 is 0.429 bits per heavy atom. The number of hydrogen-bond acceptors (Lipinski definition) is 4. The third-order valence-electron chi connectivity index (χ3n) is 10.8. The fourth-order valence-electron chi connectivity index (χ4n) is 8.19. The Balaban J connectivity index is 1.04. The van der Waals surface area contributed by atoms with Crippen molar-refractivity contribution in [2.75, 3.05) is 0 Å². The van der Waals surface area contributed by atoms with Gasteiger partial charge in [0.25, 0.3) is 0 Å². The van der Waals surface area contributed by atoms with Crippen LogP contribution in [0.1, 0.15) is 22.9 Å². The number of nitrogens with zero attached hydrogens (tertiary/aromatic N) is 5. The molecule has 1 N–H and O–H groups in total. The van der Waals surface area contributed by atoms with E-state index in [1.807, 2.05) is 30.5 Å². The van der Waals surface area contributed by atoms with E-state index in [4.69, 9.17) is 15.0 Å². The van der Waals surface area contributed by atoms with Crippen molar-refractivity contribution in [3.05, 3.63) is 211 Å². The van der Waals surface area contributed by atoms with E-state index >= 15 is 0 Å². The number of pyridine rings is 1. The third-order valence-corrected chi connectivity index (χ3v) is 10.8. The van der Waals surface area contributed by atoms with Crippen LogP contribution in [0.4, 0.5) is 0 Å². The molecular formula is C50H34N6. The highest BCUT2D eigenvalue weighted by molar-refractivity contribution is 6.19. The largest absolute Gasteiger partial charge is 0.344 e. The van der Waals surface area contributed by atoms with Crippen LogP contribution in [0.2, 0.25) is 0 Å². The van der Waals surface area contributed by atoms with Crippen molar-refractivity contribution >= 4 is 55.3 Å². The maximum atomic E-state index is 5.13. The Bertz CT molecular complexity index is 3140. The minimum absolute atomic E-state index is 0.309. The Kier molecular flexibility index (Phi) is 7.45. The number of benzene rings is 7. The van der Waals surface area contributed by atoms with Gasteiger partial charge in [0, 0.05) is 44.6 Å². The van der Waals surface area contributed by atoms with Gasteiger partial charge < -0.3 is 9.88 Å². The molecule has 7 aromatic carbocycles. The van der Waals surface area contributed by atoms with Crippen molar-refractivity contribution in [1.82, 2.24) is 19.4 Å². The minimum Gasteiger partial charge on any atom is -0.344 e. The van der Waals surface area contributed by atoms with Gasteiger partial charge in [-0.05, 0) is 71.3 Å². The lowest BCUT2D eigenvalue weighted by Gasteiger charge is -2.24. The first-order valence-electron chi connectivity index (χ1n) is 18.9. The molecule has 0 amide bonds. The van der Waals surface area contributed by atoms with E-state index in [2.05, 4.69) is 178 Å². The van der Waals surface area contributed by atoms with Crippen LogP contribution < -0.4 is 5.32 Å². The molecule has 1 unspecified atom stereocenters. The summed E-state index contributed by atoms with van der Waals surface area (Å²) in [6.07, 6.45) is 1.60. The highest BCUT2D eigenvalue weighted by Crippen LogP contribution is 2.39. The summed E-state index contributed by atoms with van der Waals surface area (Å²) < 4.78 is 4.65. The molecule has 4 heterocycles. The second kappa shape index (κ2) is 13.1. The zero-order valence-electron chi connectivity index (χ0n) is 30.3. The predicted molar refractivity (Wildman–Crippen MR) is 230 cm³/mol. The van der Waals surface area contributed by atoms with Crippen LogP contribution in [0, 0.1) is 0 Å². The summed E-state index contributed by atoms with van der Waals surface area (Å²) in [5.74, 6) is 2.24. The van der Waals surface area contributed by atoms with Gasteiger partial charge in [0.05, 0.1) is 22.1 Å². The highest BCUT2D eigenvalue weighted by atomic mass is 15.2. The number of aliphatic imine (C=N–C) groups is 2. The number of aromatic nitrogens is 3. The number of para-hydroxylation sites is 3. The Morgan fingerprint density at radius 3 is 1.71 bits per heavy atom.